The molecule has 15 heavy (non-hydrogen) atoms. The number of benzene rings is 1. The van der Waals surface area contributed by atoms with Gasteiger partial charge in [0.15, 0.2) is 0 Å². The molecule has 2 nitrogen and oxygen atoms in total. The van der Waals surface area contributed by atoms with Gasteiger partial charge in [-0.15, -0.1) is 0 Å². The van der Waals surface area contributed by atoms with Gasteiger partial charge in [-0.25, -0.2) is 0 Å². The predicted octanol–water partition coefficient (Wildman–Crippen LogP) is 3.81. The molecule has 80 valence electrons. The molecule has 1 aromatic rings. The van der Waals surface area contributed by atoms with Crippen molar-refractivity contribution in [3.8, 4) is 6.07 Å². The fourth-order valence-corrected chi connectivity index (χ4v) is 1.34. The molecule has 0 aromatic heterocycles. The van der Waals surface area contributed by atoms with E-state index in [4.69, 9.17) is 16.9 Å². The first-order valence-corrected chi connectivity index (χ1v) is 5.34. The second-order valence-electron chi connectivity index (χ2n) is 4.16. The zero-order chi connectivity index (χ0) is 11.5. The monoisotopic (exact) mass is 222 g/mol. The van der Waals surface area contributed by atoms with Gasteiger partial charge in [-0.3, -0.25) is 0 Å². The summed E-state index contributed by atoms with van der Waals surface area (Å²) in [6, 6.07) is 7.45. The molecule has 0 aliphatic heterocycles. The second kappa shape index (κ2) is 4.55. The Labute approximate surface area is 95.9 Å². The molecule has 3 heteroatoms. The molecule has 0 fully saturated rings. The minimum Gasteiger partial charge on any atom is -0.379 e. The molecular formula is C12H15ClN2. The van der Waals surface area contributed by atoms with E-state index in [9.17, 15) is 0 Å². The summed E-state index contributed by atoms with van der Waals surface area (Å²) in [7, 11) is 0. The molecule has 0 heterocycles. The normalized spacial score (nSPS) is 10.9. The van der Waals surface area contributed by atoms with Gasteiger partial charge in [0.2, 0.25) is 0 Å². The van der Waals surface area contributed by atoms with Gasteiger partial charge >= 0.3 is 0 Å². The average Bonchev–Trinajstić information content (AvgIpc) is 2.20. The highest BCUT2D eigenvalue weighted by Crippen LogP contribution is 2.24. The molecule has 0 spiro atoms. The van der Waals surface area contributed by atoms with Gasteiger partial charge in [-0.05, 0) is 38.5 Å². The van der Waals surface area contributed by atoms with Crippen molar-refractivity contribution in [1.29, 1.82) is 5.26 Å². The molecule has 1 aromatic carbocycles. The zero-order valence-electron chi connectivity index (χ0n) is 9.26. The van der Waals surface area contributed by atoms with Crippen LogP contribution < -0.4 is 5.32 Å². The Balaban J connectivity index is 3.01. The lowest BCUT2D eigenvalue weighted by atomic mass is 10.0. The van der Waals surface area contributed by atoms with Crippen molar-refractivity contribution in [2.45, 2.75) is 32.7 Å². The Morgan fingerprint density at radius 1 is 1.47 bits per heavy atom. The number of nitrogens with one attached hydrogen (secondary N) is 1. The van der Waals surface area contributed by atoms with Crippen LogP contribution in [0.5, 0.6) is 0 Å². The van der Waals surface area contributed by atoms with E-state index in [1.807, 2.05) is 6.07 Å². The second-order valence-corrected chi connectivity index (χ2v) is 4.60. The highest BCUT2D eigenvalue weighted by Gasteiger charge is 2.16. The largest absolute Gasteiger partial charge is 0.379 e. The molecule has 0 aliphatic carbocycles. The predicted molar refractivity (Wildman–Crippen MR) is 64.2 cm³/mol. The van der Waals surface area contributed by atoms with Crippen LogP contribution in [-0.4, -0.2) is 5.54 Å². The van der Waals surface area contributed by atoms with Crippen molar-refractivity contribution < 1.29 is 0 Å². The third-order valence-electron chi connectivity index (χ3n) is 2.46. The lowest BCUT2D eigenvalue weighted by molar-refractivity contribution is 0.547. The standard InChI is InChI=1S/C12H15ClN2/c1-4-12(2,3)15-11-6-5-10(13)7-9(11)8-14/h5-7,15H,4H2,1-3H3. The molecule has 0 aliphatic rings. The van der Waals surface area contributed by atoms with Gasteiger partial charge in [0.05, 0.1) is 11.3 Å². The van der Waals surface area contributed by atoms with Crippen LogP contribution in [0.15, 0.2) is 18.2 Å². The molecule has 0 bridgehead atoms. The Bertz CT molecular complexity index is 391. The Morgan fingerprint density at radius 2 is 2.13 bits per heavy atom. The third-order valence-corrected chi connectivity index (χ3v) is 2.69. The maximum Gasteiger partial charge on any atom is 0.101 e. The number of anilines is 1. The summed E-state index contributed by atoms with van der Waals surface area (Å²) in [6.45, 7) is 6.31. The Hall–Kier alpha value is -1.20. The van der Waals surface area contributed by atoms with Crippen LogP contribution in [-0.2, 0) is 0 Å². The summed E-state index contributed by atoms with van der Waals surface area (Å²) >= 11 is 5.82. The lowest BCUT2D eigenvalue weighted by Crippen LogP contribution is -2.29. The van der Waals surface area contributed by atoms with E-state index in [0.717, 1.165) is 12.1 Å². The summed E-state index contributed by atoms with van der Waals surface area (Å²) in [5.74, 6) is 0. The maximum absolute atomic E-state index is 8.96. The van der Waals surface area contributed by atoms with E-state index in [-0.39, 0.29) is 5.54 Å². The van der Waals surface area contributed by atoms with Gasteiger partial charge in [0.25, 0.3) is 0 Å². The van der Waals surface area contributed by atoms with E-state index in [1.165, 1.54) is 0 Å². The first kappa shape index (κ1) is 11.9. The van der Waals surface area contributed by atoms with Crippen LogP contribution in [0, 0.1) is 11.3 Å². The molecule has 1 rings (SSSR count). The number of rotatable bonds is 3. The summed E-state index contributed by atoms with van der Waals surface area (Å²) < 4.78 is 0. The van der Waals surface area contributed by atoms with E-state index in [2.05, 4.69) is 32.2 Å². The first-order valence-electron chi connectivity index (χ1n) is 4.96. The number of hydrogen-bond donors (Lipinski definition) is 1. The van der Waals surface area contributed by atoms with Crippen LogP contribution in [0.2, 0.25) is 5.02 Å². The molecule has 0 atom stereocenters. The number of nitriles is 1. The number of halogens is 1. The molecule has 0 saturated carbocycles. The smallest absolute Gasteiger partial charge is 0.101 e. The summed E-state index contributed by atoms with van der Waals surface area (Å²) in [5, 5.41) is 12.9. The topological polar surface area (TPSA) is 35.8 Å². The number of nitrogens with zero attached hydrogens (tertiary/aromatic N) is 1. The molecular weight excluding hydrogens is 208 g/mol. The Kier molecular flexibility index (Phi) is 3.60. The van der Waals surface area contributed by atoms with E-state index >= 15 is 0 Å². The van der Waals surface area contributed by atoms with Crippen molar-refractivity contribution in [2.75, 3.05) is 5.32 Å². The molecule has 0 saturated heterocycles. The van der Waals surface area contributed by atoms with E-state index < -0.39 is 0 Å². The van der Waals surface area contributed by atoms with Crippen molar-refractivity contribution in [1.82, 2.24) is 0 Å². The summed E-state index contributed by atoms with van der Waals surface area (Å²) in [6.07, 6.45) is 0.987. The van der Waals surface area contributed by atoms with Crippen molar-refractivity contribution >= 4 is 17.3 Å². The van der Waals surface area contributed by atoms with Crippen LogP contribution >= 0.6 is 11.6 Å². The quantitative estimate of drug-likeness (QED) is 0.844. The van der Waals surface area contributed by atoms with Crippen LogP contribution in [0.3, 0.4) is 0 Å². The van der Waals surface area contributed by atoms with Crippen LogP contribution in [0.1, 0.15) is 32.8 Å². The van der Waals surface area contributed by atoms with Gasteiger partial charge in [-0.2, -0.15) is 5.26 Å². The number of hydrogen-bond acceptors (Lipinski definition) is 2. The fraction of sp³-hybridized carbons (Fsp3) is 0.417. The molecule has 0 unspecified atom stereocenters. The van der Waals surface area contributed by atoms with Gasteiger partial charge < -0.3 is 5.32 Å². The molecule has 1 N–H and O–H groups in total. The van der Waals surface area contributed by atoms with E-state index in [0.29, 0.717) is 10.6 Å². The molecule has 0 amide bonds. The first-order chi connectivity index (χ1) is 6.98. The van der Waals surface area contributed by atoms with Crippen molar-refractivity contribution in [2.24, 2.45) is 0 Å². The van der Waals surface area contributed by atoms with Crippen LogP contribution in [0.4, 0.5) is 5.69 Å². The van der Waals surface area contributed by atoms with Crippen molar-refractivity contribution in [3.05, 3.63) is 28.8 Å². The minimum atomic E-state index is -0.0145. The summed E-state index contributed by atoms with van der Waals surface area (Å²) in [5.41, 5.74) is 1.41. The highest BCUT2D eigenvalue weighted by atomic mass is 35.5. The van der Waals surface area contributed by atoms with Crippen LogP contribution in [0.25, 0.3) is 0 Å². The fourth-order valence-electron chi connectivity index (χ4n) is 1.17. The van der Waals surface area contributed by atoms with Gasteiger partial charge in [0.1, 0.15) is 6.07 Å². The Morgan fingerprint density at radius 3 is 2.67 bits per heavy atom. The van der Waals surface area contributed by atoms with E-state index in [1.54, 1.807) is 12.1 Å². The third kappa shape index (κ3) is 3.14. The average molecular weight is 223 g/mol. The van der Waals surface area contributed by atoms with Gasteiger partial charge in [-0.1, -0.05) is 18.5 Å². The SMILES string of the molecule is CCC(C)(C)Nc1ccc(Cl)cc1C#N. The summed E-state index contributed by atoms with van der Waals surface area (Å²) in [4.78, 5) is 0. The van der Waals surface area contributed by atoms with Crippen molar-refractivity contribution in [3.63, 3.8) is 0 Å². The maximum atomic E-state index is 8.96. The van der Waals surface area contributed by atoms with Gasteiger partial charge in [0, 0.05) is 10.6 Å². The zero-order valence-corrected chi connectivity index (χ0v) is 10.0. The highest BCUT2D eigenvalue weighted by molar-refractivity contribution is 6.30. The molecule has 0 radical (unpaired) electrons. The minimum absolute atomic E-state index is 0.0145. The lowest BCUT2D eigenvalue weighted by Gasteiger charge is -2.26.